The van der Waals surface area contributed by atoms with Gasteiger partial charge in [-0.3, -0.25) is 0 Å². The minimum absolute atomic E-state index is 0.336. The summed E-state index contributed by atoms with van der Waals surface area (Å²) in [7, 11) is -1.49. The first-order valence-electron chi connectivity index (χ1n) is 5.06. The minimum Gasteiger partial charge on any atom is -0.417 e. The zero-order valence-corrected chi connectivity index (χ0v) is 11.0. The van der Waals surface area contributed by atoms with E-state index < -0.39 is 8.32 Å². The molecular weight excluding hydrogens is 176 g/mol. The predicted octanol–water partition coefficient (Wildman–Crippen LogP) is 3.97. The molecule has 0 saturated heterocycles. The maximum atomic E-state index is 5.98. The Labute approximate surface area is 84.3 Å². The highest BCUT2D eigenvalue weighted by Crippen LogP contribution is 2.36. The highest BCUT2D eigenvalue weighted by molar-refractivity contribution is 6.74. The van der Waals surface area contributed by atoms with E-state index in [9.17, 15) is 0 Å². The second-order valence-corrected chi connectivity index (χ2v) is 9.78. The first kappa shape index (κ1) is 12.9. The van der Waals surface area contributed by atoms with Crippen molar-refractivity contribution in [1.82, 2.24) is 0 Å². The minimum atomic E-state index is -1.49. The Morgan fingerprint density at radius 1 is 1.23 bits per heavy atom. The van der Waals surface area contributed by atoms with Gasteiger partial charge in [-0.25, -0.2) is 0 Å². The van der Waals surface area contributed by atoms with Gasteiger partial charge < -0.3 is 4.43 Å². The van der Waals surface area contributed by atoms with Crippen LogP contribution in [0.4, 0.5) is 0 Å². The lowest BCUT2D eigenvalue weighted by atomic mass is 10.2. The lowest BCUT2D eigenvalue weighted by Gasteiger charge is -2.36. The fourth-order valence-electron chi connectivity index (χ4n) is 0.765. The molecule has 0 heterocycles. The molecule has 0 aromatic heterocycles. The van der Waals surface area contributed by atoms with Crippen LogP contribution in [0.3, 0.4) is 0 Å². The van der Waals surface area contributed by atoms with Crippen molar-refractivity contribution in [2.75, 3.05) is 6.61 Å². The number of hydrogen-bond acceptors (Lipinski definition) is 1. The second kappa shape index (κ2) is 4.96. The first-order chi connectivity index (χ1) is 5.81. The molecule has 78 valence electrons. The van der Waals surface area contributed by atoms with Crippen molar-refractivity contribution < 1.29 is 4.43 Å². The maximum absolute atomic E-state index is 5.98. The molecule has 0 radical (unpaired) electrons. The summed E-state index contributed by atoms with van der Waals surface area (Å²) >= 11 is 0. The summed E-state index contributed by atoms with van der Waals surface area (Å²) in [6.07, 6.45) is 5.28. The molecule has 0 atom stereocenters. The van der Waals surface area contributed by atoms with Crippen molar-refractivity contribution in [2.45, 2.75) is 52.2 Å². The topological polar surface area (TPSA) is 9.23 Å². The van der Waals surface area contributed by atoms with Crippen molar-refractivity contribution >= 4 is 8.32 Å². The van der Waals surface area contributed by atoms with Crippen molar-refractivity contribution in [3.63, 3.8) is 0 Å². The largest absolute Gasteiger partial charge is 0.417 e. The third-order valence-electron chi connectivity index (χ3n) is 2.79. The fraction of sp³-hybridized carbons (Fsp3) is 0.818. The summed E-state index contributed by atoms with van der Waals surface area (Å²) in [5.74, 6) is 0. The molecule has 0 aliphatic rings. The summed E-state index contributed by atoms with van der Waals surface area (Å²) in [4.78, 5) is 0. The van der Waals surface area contributed by atoms with Crippen LogP contribution in [0.15, 0.2) is 12.2 Å². The van der Waals surface area contributed by atoms with Gasteiger partial charge in [0.05, 0.1) is 0 Å². The second-order valence-electron chi connectivity index (χ2n) is 4.97. The summed E-state index contributed by atoms with van der Waals surface area (Å²) in [6, 6.07) is 0. The molecular formula is C11H24OSi. The van der Waals surface area contributed by atoms with E-state index in [1.54, 1.807) is 0 Å². The van der Waals surface area contributed by atoms with Crippen LogP contribution < -0.4 is 0 Å². The maximum Gasteiger partial charge on any atom is 0.191 e. The van der Waals surface area contributed by atoms with Crippen LogP contribution >= 0.6 is 0 Å². The van der Waals surface area contributed by atoms with Gasteiger partial charge in [0.2, 0.25) is 0 Å². The van der Waals surface area contributed by atoms with Crippen LogP contribution in [-0.4, -0.2) is 14.9 Å². The number of rotatable bonds is 4. The Morgan fingerprint density at radius 3 is 2.15 bits per heavy atom. The van der Waals surface area contributed by atoms with Crippen LogP contribution in [0.5, 0.6) is 0 Å². The molecule has 0 rings (SSSR count). The number of hydrogen-bond donors (Lipinski definition) is 0. The average Bonchev–Trinajstić information content (AvgIpc) is 1.96. The molecule has 2 heteroatoms. The molecule has 0 saturated carbocycles. The first-order valence-corrected chi connectivity index (χ1v) is 7.97. The Kier molecular flexibility index (Phi) is 4.93. The van der Waals surface area contributed by atoms with E-state index in [0.29, 0.717) is 5.04 Å². The summed E-state index contributed by atoms with van der Waals surface area (Å²) in [5.41, 5.74) is 0. The monoisotopic (exact) mass is 200 g/mol. The van der Waals surface area contributed by atoms with Gasteiger partial charge in [0.1, 0.15) is 0 Å². The van der Waals surface area contributed by atoms with Crippen molar-refractivity contribution in [2.24, 2.45) is 0 Å². The summed E-state index contributed by atoms with van der Waals surface area (Å²) in [6.45, 7) is 14.3. The summed E-state index contributed by atoms with van der Waals surface area (Å²) in [5, 5.41) is 0.336. The van der Waals surface area contributed by atoms with E-state index in [0.717, 1.165) is 13.0 Å². The lowest BCUT2D eigenvalue weighted by Crippen LogP contribution is -2.40. The van der Waals surface area contributed by atoms with Crippen molar-refractivity contribution in [1.29, 1.82) is 0 Å². The van der Waals surface area contributed by atoms with Gasteiger partial charge in [-0.2, -0.15) is 0 Å². The normalized spacial score (nSPS) is 14.0. The molecule has 0 spiro atoms. The van der Waals surface area contributed by atoms with E-state index in [-0.39, 0.29) is 0 Å². The highest BCUT2D eigenvalue weighted by Gasteiger charge is 2.36. The van der Waals surface area contributed by atoms with Gasteiger partial charge in [0.25, 0.3) is 0 Å². The quantitative estimate of drug-likeness (QED) is 0.379. The standard InChI is InChI=1S/C11H24OSi/c1-7-8-9-10-12-13(5,6)11(2,3)4/h7-8H,9-10H2,1-6H3/b8-7+. The zero-order valence-electron chi connectivity index (χ0n) is 9.98. The lowest BCUT2D eigenvalue weighted by molar-refractivity contribution is 0.294. The molecule has 0 aliphatic heterocycles. The molecule has 0 N–H and O–H groups in total. The van der Waals surface area contributed by atoms with Gasteiger partial charge in [-0.05, 0) is 31.5 Å². The molecule has 0 unspecified atom stereocenters. The van der Waals surface area contributed by atoms with Gasteiger partial charge in [0, 0.05) is 6.61 Å². The van der Waals surface area contributed by atoms with E-state index in [2.05, 4.69) is 46.0 Å². The molecule has 0 bridgehead atoms. The SMILES string of the molecule is C/C=C/CCO[Si](C)(C)C(C)(C)C. The smallest absolute Gasteiger partial charge is 0.191 e. The van der Waals surface area contributed by atoms with Crippen molar-refractivity contribution in [3.05, 3.63) is 12.2 Å². The molecule has 1 nitrogen and oxygen atoms in total. The Morgan fingerprint density at radius 2 is 1.77 bits per heavy atom. The van der Waals surface area contributed by atoms with E-state index in [1.165, 1.54) is 0 Å². The summed E-state index contributed by atoms with van der Waals surface area (Å²) < 4.78 is 5.98. The molecule has 13 heavy (non-hydrogen) atoms. The highest BCUT2D eigenvalue weighted by atomic mass is 28.4. The molecule has 0 aromatic carbocycles. The fourth-order valence-corrected chi connectivity index (χ4v) is 1.83. The molecule has 0 aliphatic carbocycles. The van der Waals surface area contributed by atoms with Crippen LogP contribution in [0.1, 0.15) is 34.1 Å². The van der Waals surface area contributed by atoms with Crippen LogP contribution in [0.25, 0.3) is 0 Å². The van der Waals surface area contributed by atoms with Crippen LogP contribution in [0, 0.1) is 0 Å². The van der Waals surface area contributed by atoms with Crippen molar-refractivity contribution in [3.8, 4) is 0 Å². The van der Waals surface area contributed by atoms with E-state index in [1.807, 2.05) is 6.92 Å². The molecule has 0 fully saturated rings. The molecule has 0 aromatic rings. The van der Waals surface area contributed by atoms with Crippen LogP contribution in [0.2, 0.25) is 18.1 Å². The van der Waals surface area contributed by atoms with E-state index >= 15 is 0 Å². The van der Waals surface area contributed by atoms with Gasteiger partial charge in [-0.15, -0.1) is 0 Å². The average molecular weight is 200 g/mol. The Hall–Kier alpha value is -0.0831. The van der Waals surface area contributed by atoms with Gasteiger partial charge in [-0.1, -0.05) is 32.9 Å². The molecule has 0 amide bonds. The van der Waals surface area contributed by atoms with E-state index in [4.69, 9.17) is 4.43 Å². The third-order valence-corrected chi connectivity index (χ3v) is 7.33. The predicted molar refractivity (Wildman–Crippen MR) is 62.6 cm³/mol. The number of allylic oxidation sites excluding steroid dienone is 1. The van der Waals surface area contributed by atoms with Gasteiger partial charge in [0.15, 0.2) is 8.32 Å². The zero-order chi connectivity index (χ0) is 10.5. The van der Waals surface area contributed by atoms with Gasteiger partial charge >= 0.3 is 0 Å². The Balaban J connectivity index is 3.90. The third kappa shape index (κ3) is 4.63. The Bertz CT molecular complexity index is 165. The van der Waals surface area contributed by atoms with Crippen LogP contribution in [-0.2, 0) is 4.43 Å².